The molecule has 2 nitrogen and oxygen atoms in total. The number of hydrogen-bond acceptors (Lipinski definition) is 2. The van der Waals surface area contributed by atoms with Crippen LogP contribution in [-0.2, 0) is 0 Å². The Morgan fingerprint density at radius 1 is 0.765 bits per heavy atom. The van der Waals surface area contributed by atoms with Crippen LogP contribution < -0.4 is 5.73 Å². The number of hydrogen-bond donors (Lipinski definition) is 1. The van der Waals surface area contributed by atoms with Gasteiger partial charge in [0, 0.05) is 11.8 Å². The van der Waals surface area contributed by atoms with Gasteiger partial charge in [0.25, 0.3) is 0 Å². The van der Waals surface area contributed by atoms with E-state index in [1.807, 2.05) is 30.3 Å². The van der Waals surface area contributed by atoms with Crippen LogP contribution in [0.4, 0.5) is 5.82 Å². The van der Waals surface area contributed by atoms with Crippen molar-refractivity contribution in [2.45, 2.75) is 0 Å². The fraction of sp³-hybridized carbons (Fsp3) is 0. The van der Waals surface area contributed by atoms with Gasteiger partial charge in [0.1, 0.15) is 5.82 Å². The predicted octanol–water partition coefficient (Wildman–Crippen LogP) is 3.48. The van der Waals surface area contributed by atoms with Crippen molar-refractivity contribution in [1.82, 2.24) is 4.98 Å². The Labute approximate surface area is 99.7 Å². The van der Waals surface area contributed by atoms with Gasteiger partial charge in [-0.3, -0.25) is 0 Å². The minimum Gasteiger partial charge on any atom is -0.383 e. The summed E-state index contributed by atoms with van der Waals surface area (Å²) in [5, 5.41) is 2.42. The first kappa shape index (κ1) is 9.85. The first-order valence-corrected chi connectivity index (χ1v) is 5.55. The third-order valence-corrected chi connectivity index (χ3v) is 2.92. The summed E-state index contributed by atoms with van der Waals surface area (Å²) in [6.07, 6.45) is 1.71. The van der Waals surface area contributed by atoms with E-state index in [-0.39, 0.29) is 0 Å². The molecule has 17 heavy (non-hydrogen) atoms. The van der Waals surface area contributed by atoms with Gasteiger partial charge in [-0.2, -0.15) is 0 Å². The van der Waals surface area contributed by atoms with E-state index in [0.29, 0.717) is 5.82 Å². The largest absolute Gasteiger partial charge is 0.383 e. The second-order valence-corrected chi connectivity index (χ2v) is 3.96. The van der Waals surface area contributed by atoms with Crippen LogP contribution in [0.2, 0.25) is 0 Å². The lowest BCUT2D eigenvalue weighted by atomic mass is 9.99. The Kier molecular flexibility index (Phi) is 2.26. The molecule has 0 aliphatic heterocycles. The summed E-state index contributed by atoms with van der Waals surface area (Å²) < 4.78 is 0. The van der Waals surface area contributed by atoms with Gasteiger partial charge in [-0.05, 0) is 28.5 Å². The molecule has 1 heterocycles. The molecule has 0 saturated carbocycles. The molecule has 2 aromatic carbocycles. The van der Waals surface area contributed by atoms with E-state index in [1.165, 1.54) is 10.8 Å². The Balaban J connectivity index is 2.35. The average Bonchev–Trinajstić information content (AvgIpc) is 2.39. The van der Waals surface area contributed by atoms with Crippen molar-refractivity contribution in [2.24, 2.45) is 0 Å². The summed E-state index contributed by atoms with van der Waals surface area (Å²) in [4.78, 5) is 4.14. The molecule has 2 heteroatoms. The number of benzene rings is 2. The molecule has 1 aromatic heterocycles. The smallest absolute Gasteiger partial charge is 0.131 e. The highest BCUT2D eigenvalue weighted by molar-refractivity contribution is 5.98. The first-order valence-electron chi connectivity index (χ1n) is 5.55. The van der Waals surface area contributed by atoms with Gasteiger partial charge in [0.2, 0.25) is 0 Å². The third-order valence-electron chi connectivity index (χ3n) is 2.92. The highest BCUT2D eigenvalue weighted by Crippen LogP contribution is 2.30. The van der Waals surface area contributed by atoms with Crippen molar-refractivity contribution >= 4 is 16.6 Å². The minimum atomic E-state index is 0.573. The maximum atomic E-state index is 5.93. The second kappa shape index (κ2) is 3.91. The summed E-state index contributed by atoms with van der Waals surface area (Å²) in [6, 6.07) is 18.4. The third kappa shape index (κ3) is 1.64. The summed E-state index contributed by atoms with van der Waals surface area (Å²) in [6.45, 7) is 0. The topological polar surface area (TPSA) is 38.9 Å². The van der Waals surface area contributed by atoms with E-state index in [9.17, 15) is 0 Å². The molecule has 0 radical (unpaired) electrons. The van der Waals surface area contributed by atoms with Gasteiger partial charge in [-0.1, -0.05) is 42.5 Å². The van der Waals surface area contributed by atoms with E-state index in [2.05, 4.69) is 29.2 Å². The van der Waals surface area contributed by atoms with Gasteiger partial charge in [-0.15, -0.1) is 0 Å². The van der Waals surface area contributed by atoms with Crippen molar-refractivity contribution < 1.29 is 0 Å². The van der Waals surface area contributed by atoms with Crippen LogP contribution in [0.15, 0.2) is 60.8 Å². The predicted molar refractivity (Wildman–Crippen MR) is 71.6 cm³/mol. The lowest BCUT2D eigenvalue weighted by molar-refractivity contribution is 1.34. The maximum Gasteiger partial charge on any atom is 0.131 e. The highest BCUT2D eigenvalue weighted by atomic mass is 14.8. The first-order chi connectivity index (χ1) is 8.36. The average molecular weight is 220 g/mol. The molecular weight excluding hydrogens is 208 g/mol. The van der Waals surface area contributed by atoms with E-state index in [1.54, 1.807) is 6.20 Å². The molecule has 3 aromatic rings. The molecular formula is C15H12N2. The fourth-order valence-electron chi connectivity index (χ4n) is 2.11. The summed E-state index contributed by atoms with van der Waals surface area (Å²) in [5.41, 5.74) is 8.06. The molecule has 0 bridgehead atoms. The summed E-state index contributed by atoms with van der Waals surface area (Å²) in [5.74, 6) is 0.573. The molecule has 0 atom stereocenters. The van der Waals surface area contributed by atoms with Crippen LogP contribution in [0.3, 0.4) is 0 Å². The van der Waals surface area contributed by atoms with E-state index < -0.39 is 0 Å². The van der Waals surface area contributed by atoms with Crippen LogP contribution in [-0.4, -0.2) is 4.98 Å². The molecule has 0 aliphatic rings. The van der Waals surface area contributed by atoms with E-state index >= 15 is 0 Å². The molecule has 0 amide bonds. The molecule has 0 aliphatic carbocycles. The van der Waals surface area contributed by atoms with Crippen molar-refractivity contribution in [3.8, 4) is 11.1 Å². The lowest BCUT2D eigenvalue weighted by Crippen LogP contribution is -1.93. The van der Waals surface area contributed by atoms with Crippen LogP contribution in [0.5, 0.6) is 0 Å². The van der Waals surface area contributed by atoms with Crippen molar-refractivity contribution in [2.75, 3.05) is 5.73 Å². The van der Waals surface area contributed by atoms with Gasteiger partial charge in [0.15, 0.2) is 0 Å². The normalized spacial score (nSPS) is 10.6. The van der Waals surface area contributed by atoms with Crippen LogP contribution in [0, 0.1) is 0 Å². The SMILES string of the molecule is Nc1ncccc1-c1cccc2ccccc12. The zero-order valence-electron chi connectivity index (χ0n) is 9.30. The standard InChI is InChI=1S/C15H12N2/c16-15-14(9-4-10-17-15)13-8-3-6-11-5-1-2-7-12(11)13/h1-10H,(H2,16,17). The van der Waals surface area contributed by atoms with Crippen LogP contribution >= 0.6 is 0 Å². The van der Waals surface area contributed by atoms with E-state index in [4.69, 9.17) is 5.73 Å². The molecule has 0 spiro atoms. The van der Waals surface area contributed by atoms with Gasteiger partial charge < -0.3 is 5.73 Å². The quantitative estimate of drug-likeness (QED) is 0.681. The van der Waals surface area contributed by atoms with Crippen molar-refractivity contribution in [3.05, 3.63) is 60.8 Å². The summed E-state index contributed by atoms with van der Waals surface area (Å²) in [7, 11) is 0. The maximum absolute atomic E-state index is 5.93. The number of anilines is 1. The van der Waals surface area contributed by atoms with Crippen molar-refractivity contribution in [1.29, 1.82) is 0 Å². The number of nitrogen functional groups attached to an aromatic ring is 1. The number of pyridine rings is 1. The van der Waals surface area contributed by atoms with Gasteiger partial charge >= 0.3 is 0 Å². The van der Waals surface area contributed by atoms with Gasteiger partial charge in [-0.25, -0.2) is 4.98 Å². The molecule has 3 rings (SSSR count). The Hall–Kier alpha value is -2.35. The molecule has 2 N–H and O–H groups in total. The summed E-state index contributed by atoms with van der Waals surface area (Å²) >= 11 is 0. The Morgan fingerprint density at radius 2 is 1.53 bits per heavy atom. The van der Waals surface area contributed by atoms with Gasteiger partial charge in [0.05, 0.1) is 0 Å². The zero-order chi connectivity index (χ0) is 11.7. The highest BCUT2D eigenvalue weighted by Gasteiger charge is 2.06. The molecule has 82 valence electrons. The number of rotatable bonds is 1. The number of nitrogens with two attached hydrogens (primary N) is 1. The molecule has 0 saturated heterocycles. The molecule has 0 fully saturated rings. The van der Waals surface area contributed by atoms with E-state index in [0.717, 1.165) is 11.1 Å². The monoisotopic (exact) mass is 220 g/mol. The number of nitrogens with zero attached hydrogens (tertiary/aromatic N) is 1. The zero-order valence-corrected chi connectivity index (χ0v) is 9.30. The fourth-order valence-corrected chi connectivity index (χ4v) is 2.11. The molecule has 0 unspecified atom stereocenters. The van der Waals surface area contributed by atoms with Crippen LogP contribution in [0.25, 0.3) is 21.9 Å². The number of aromatic nitrogens is 1. The van der Waals surface area contributed by atoms with Crippen LogP contribution in [0.1, 0.15) is 0 Å². The number of fused-ring (bicyclic) bond motifs is 1. The Bertz CT molecular complexity index is 669. The minimum absolute atomic E-state index is 0.573. The Morgan fingerprint density at radius 3 is 2.41 bits per heavy atom. The lowest BCUT2D eigenvalue weighted by Gasteiger charge is -2.08. The van der Waals surface area contributed by atoms with Crippen molar-refractivity contribution in [3.63, 3.8) is 0 Å². The second-order valence-electron chi connectivity index (χ2n) is 3.96.